The quantitative estimate of drug-likeness (QED) is 0.856. The molecule has 2 N–H and O–H groups in total. The van der Waals surface area contributed by atoms with E-state index >= 15 is 0 Å². The Kier molecular flexibility index (Phi) is 5.28. The summed E-state index contributed by atoms with van der Waals surface area (Å²) in [6.07, 6.45) is 0.984. The van der Waals surface area contributed by atoms with Crippen molar-refractivity contribution in [3.8, 4) is 11.5 Å². The van der Waals surface area contributed by atoms with Gasteiger partial charge >= 0.3 is 0 Å². The molecule has 0 bridgehead atoms. The molecule has 0 amide bonds. The zero-order chi connectivity index (χ0) is 13.9. The second kappa shape index (κ2) is 6.98. The van der Waals surface area contributed by atoms with E-state index in [9.17, 15) is 10.2 Å². The zero-order valence-electron chi connectivity index (χ0n) is 11.8. The van der Waals surface area contributed by atoms with Gasteiger partial charge in [-0.05, 0) is 34.9 Å². The van der Waals surface area contributed by atoms with E-state index in [0.717, 1.165) is 50.0 Å². The topological polar surface area (TPSA) is 52.9 Å². The molecule has 21 heavy (non-hydrogen) atoms. The molecular formula is C16H20ClNO3. The second-order valence-corrected chi connectivity index (χ2v) is 5.23. The molecule has 1 aliphatic heterocycles. The summed E-state index contributed by atoms with van der Waals surface area (Å²) in [5, 5.41) is 21.0. The first-order chi connectivity index (χ1) is 9.72. The predicted molar refractivity (Wildman–Crippen MR) is 85.5 cm³/mol. The van der Waals surface area contributed by atoms with Crippen LogP contribution in [0.3, 0.4) is 0 Å². The first kappa shape index (κ1) is 15.9. The predicted octanol–water partition coefficient (Wildman–Crippen LogP) is 2.55. The number of morpholine rings is 1. The van der Waals surface area contributed by atoms with Crippen LogP contribution in [0.4, 0.5) is 0 Å². The number of aromatic hydroxyl groups is 2. The lowest BCUT2D eigenvalue weighted by atomic mass is 10.0. The van der Waals surface area contributed by atoms with Gasteiger partial charge in [-0.25, -0.2) is 0 Å². The van der Waals surface area contributed by atoms with Gasteiger partial charge in [0.25, 0.3) is 0 Å². The van der Waals surface area contributed by atoms with Crippen molar-refractivity contribution in [2.45, 2.75) is 6.42 Å². The highest BCUT2D eigenvalue weighted by Gasteiger charge is 2.10. The molecule has 0 atom stereocenters. The molecule has 4 nitrogen and oxygen atoms in total. The van der Waals surface area contributed by atoms with Gasteiger partial charge in [0.1, 0.15) is 0 Å². The number of fused-ring (bicyclic) bond motifs is 1. The summed E-state index contributed by atoms with van der Waals surface area (Å²) in [4.78, 5) is 2.40. The number of halogens is 1. The number of phenolic OH excluding ortho intramolecular Hbond substituents is 2. The third-order valence-corrected chi connectivity index (χ3v) is 3.82. The summed E-state index contributed by atoms with van der Waals surface area (Å²) in [6, 6.07) is 9.36. The van der Waals surface area contributed by atoms with Crippen molar-refractivity contribution in [1.29, 1.82) is 0 Å². The number of benzene rings is 2. The number of nitrogens with zero attached hydrogens (tertiary/aromatic N) is 1. The molecule has 0 aromatic heterocycles. The van der Waals surface area contributed by atoms with Gasteiger partial charge in [-0.1, -0.05) is 18.2 Å². The van der Waals surface area contributed by atoms with E-state index in [1.165, 1.54) is 5.56 Å². The molecule has 1 fully saturated rings. The van der Waals surface area contributed by atoms with Crippen LogP contribution in [0.1, 0.15) is 5.56 Å². The summed E-state index contributed by atoms with van der Waals surface area (Å²) >= 11 is 0. The minimum atomic E-state index is -0.0708. The van der Waals surface area contributed by atoms with Crippen molar-refractivity contribution in [2.24, 2.45) is 0 Å². The lowest BCUT2D eigenvalue weighted by Crippen LogP contribution is -2.37. The standard InChI is InChI=1S/C16H19NO3.ClH/c18-15-10-13-2-1-12(9-14(13)11-16(15)19)3-4-17-5-7-20-8-6-17;/h1-2,9-11,18-19H,3-8H2;1H. The fourth-order valence-corrected chi connectivity index (χ4v) is 2.59. The molecule has 0 aliphatic carbocycles. The summed E-state index contributed by atoms with van der Waals surface area (Å²) in [7, 11) is 0. The number of ether oxygens (including phenoxy) is 1. The summed E-state index contributed by atoms with van der Waals surface area (Å²) < 4.78 is 5.34. The minimum Gasteiger partial charge on any atom is -0.504 e. The highest BCUT2D eigenvalue weighted by molar-refractivity contribution is 5.86. The maximum atomic E-state index is 9.57. The Labute approximate surface area is 130 Å². The summed E-state index contributed by atoms with van der Waals surface area (Å²) in [6.45, 7) is 4.68. The van der Waals surface area contributed by atoms with Crippen LogP contribution in [0.5, 0.6) is 11.5 Å². The van der Waals surface area contributed by atoms with Crippen LogP contribution in [0.15, 0.2) is 30.3 Å². The fourth-order valence-electron chi connectivity index (χ4n) is 2.59. The lowest BCUT2D eigenvalue weighted by Gasteiger charge is -2.26. The Morgan fingerprint density at radius 2 is 1.62 bits per heavy atom. The maximum absolute atomic E-state index is 9.57. The molecule has 0 spiro atoms. The van der Waals surface area contributed by atoms with Crippen molar-refractivity contribution in [3.63, 3.8) is 0 Å². The van der Waals surface area contributed by atoms with Crippen LogP contribution < -0.4 is 0 Å². The average Bonchev–Trinajstić information content (AvgIpc) is 2.47. The van der Waals surface area contributed by atoms with E-state index in [4.69, 9.17) is 4.74 Å². The molecule has 0 radical (unpaired) electrons. The smallest absolute Gasteiger partial charge is 0.158 e. The van der Waals surface area contributed by atoms with Gasteiger partial charge < -0.3 is 14.9 Å². The van der Waals surface area contributed by atoms with Gasteiger partial charge in [-0.15, -0.1) is 12.4 Å². The van der Waals surface area contributed by atoms with Gasteiger partial charge in [0.05, 0.1) is 13.2 Å². The third-order valence-electron chi connectivity index (χ3n) is 3.82. The maximum Gasteiger partial charge on any atom is 0.158 e. The van der Waals surface area contributed by atoms with Crippen molar-refractivity contribution in [3.05, 3.63) is 35.9 Å². The Balaban J connectivity index is 0.00000161. The normalized spacial score (nSPS) is 15.8. The third kappa shape index (κ3) is 3.79. The van der Waals surface area contributed by atoms with E-state index in [2.05, 4.69) is 17.0 Å². The van der Waals surface area contributed by atoms with Gasteiger partial charge in [-0.2, -0.15) is 0 Å². The van der Waals surface area contributed by atoms with E-state index in [1.807, 2.05) is 6.07 Å². The minimum absolute atomic E-state index is 0. The van der Waals surface area contributed by atoms with Crippen LogP contribution in [0, 0.1) is 0 Å². The van der Waals surface area contributed by atoms with Crippen molar-refractivity contribution in [2.75, 3.05) is 32.8 Å². The Hall–Kier alpha value is -1.49. The first-order valence-corrected chi connectivity index (χ1v) is 6.97. The number of hydrogen-bond donors (Lipinski definition) is 2. The van der Waals surface area contributed by atoms with Crippen molar-refractivity contribution < 1.29 is 14.9 Å². The SMILES string of the molecule is Cl.Oc1cc2ccc(CCN3CCOCC3)cc2cc1O. The largest absolute Gasteiger partial charge is 0.504 e. The van der Waals surface area contributed by atoms with Crippen LogP contribution in [0.2, 0.25) is 0 Å². The van der Waals surface area contributed by atoms with Gasteiger partial charge in [0.15, 0.2) is 11.5 Å². The highest BCUT2D eigenvalue weighted by Crippen LogP contribution is 2.30. The summed E-state index contributed by atoms with van der Waals surface area (Å²) in [5.41, 5.74) is 1.24. The average molecular weight is 310 g/mol. The molecule has 1 saturated heterocycles. The molecule has 2 aromatic rings. The zero-order valence-corrected chi connectivity index (χ0v) is 12.6. The summed E-state index contributed by atoms with van der Waals surface area (Å²) in [5.74, 6) is -0.138. The van der Waals surface area contributed by atoms with Crippen LogP contribution in [-0.2, 0) is 11.2 Å². The van der Waals surface area contributed by atoms with Gasteiger partial charge in [-0.3, -0.25) is 4.90 Å². The molecule has 1 heterocycles. The van der Waals surface area contributed by atoms with E-state index in [1.54, 1.807) is 12.1 Å². The van der Waals surface area contributed by atoms with Crippen LogP contribution in [0.25, 0.3) is 10.8 Å². The molecule has 114 valence electrons. The number of phenols is 2. The van der Waals surface area contributed by atoms with E-state index in [0.29, 0.717) is 0 Å². The Morgan fingerprint density at radius 3 is 2.33 bits per heavy atom. The van der Waals surface area contributed by atoms with Crippen LogP contribution >= 0.6 is 12.4 Å². The van der Waals surface area contributed by atoms with Gasteiger partial charge in [0.2, 0.25) is 0 Å². The van der Waals surface area contributed by atoms with Crippen LogP contribution in [-0.4, -0.2) is 48.0 Å². The molecular weight excluding hydrogens is 290 g/mol. The Morgan fingerprint density at radius 1 is 0.952 bits per heavy atom. The number of rotatable bonds is 3. The molecule has 0 unspecified atom stereocenters. The second-order valence-electron chi connectivity index (χ2n) is 5.23. The van der Waals surface area contributed by atoms with Gasteiger partial charge in [0, 0.05) is 19.6 Å². The van der Waals surface area contributed by atoms with E-state index in [-0.39, 0.29) is 23.9 Å². The molecule has 0 saturated carbocycles. The fraction of sp³-hybridized carbons (Fsp3) is 0.375. The molecule has 5 heteroatoms. The highest BCUT2D eigenvalue weighted by atomic mass is 35.5. The monoisotopic (exact) mass is 309 g/mol. The molecule has 3 rings (SSSR count). The lowest BCUT2D eigenvalue weighted by molar-refractivity contribution is 0.0384. The van der Waals surface area contributed by atoms with E-state index < -0.39 is 0 Å². The molecule has 2 aromatic carbocycles. The number of hydrogen-bond acceptors (Lipinski definition) is 4. The van der Waals surface area contributed by atoms with Crippen molar-refractivity contribution in [1.82, 2.24) is 4.90 Å². The van der Waals surface area contributed by atoms with Crippen molar-refractivity contribution >= 4 is 23.2 Å². The first-order valence-electron chi connectivity index (χ1n) is 6.97. The molecule has 1 aliphatic rings. The Bertz CT molecular complexity index is 612.